The van der Waals surface area contributed by atoms with Crippen LogP contribution in [-0.2, 0) is 21.2 Å². The van der Waals surface area contributed by atoms with Crippen LogP contribution in [0.15, 0.2) is 64.9 Å². The fourth-order valence-electron chi connectivity index (χ4n) is 5.20. The quantitative estimate of drug-likeness (QED) is 0.456. The van der Waals surface area contributed by atoms with Crippen molar-refractivity contribution in [1.29, 1.82) is 0 Å². The summed E-state index contributed by atoms with van der Waals surface area (Å²) in [5.41, 5.74) is 3.91. The van der Waals surface area contributed by atoms with Gasteiger partial charge in [0.1, 0.15) is 0 Å². The SMILES string of the molecule is Cc1ccccc1[C@@H]1c2ccsc2CCN1CCC(=O)N1CCN(S(=O)(=O)c2ccc(Cl)cc2)CC1. The van der Waals surface area contributed by atoms with Crippen LogP contribution in [0.1, 0.15) is 34.0 Å². The summed E-state index contributed by atoms with van der Waals surface area (Å²) in [6.45, 7) is 5.15. The summed E-state index contributed by atoms with van der Waals surface area (Å²) < 4.78 is 27.4. The second-order valence-electron chi connectivity index (χ2n) is 9.33. The lowest BCUT2D eigenvalue weighted by atomic mass is 9.90. The van der Waals surface area contributed by atoms with Crippen LogP contribution < -0.4 is 0 Å². The Morgan fingerprint density at radius 1 is 0.972 bits per heavy atom. The van der Waals surface area contributed by atoms with Gasteiger partial charge in [-0.1, -0.05) is 35.9 Å². The molecule has 0 saturated carbocycles. The van der Waals surface area contributed by atoms with E-state index in [1.807, 2.05) is 11.3 Å². The first-order valence-corrected chi connectivity index (χ1v) is 14.9. The van der Waals surface area contributed by atoms with E-state index in [1.165, 1.54) is 38.0 Å². The lowest BCUT2D eigenvalue weighted by molar-refractivity contribution is -0.132. The molecule has 9 heteroatoms. The Morgan fingerprint density at radius 2 is 1.69 bits per heavy atom. The van der Waals surface area contributed by atoms with Gasteiger partial charge in [-0.15, -0.1) is 11.3 Å². The maximum absolute atomic E-state index is 13.1. The van der Waals surface area contributed by atoms with Crippen LogP contribution in [0, 0.1) is 6.92 Å². The fourth-order valence-corrected chi connectivity index (χ4v) is 7.65. The average Bonchev–Trinajstić information content (AvgIpc) is 3.37. The van der Waals surface area contributed by atoms with Gasteiger partial charge in [-0.25, -0.2) is 8.42 Å². The Kier molecular flexibility index (Phi) is 7.51. The molecule has 1 atom stereocenters. The Hall–Kier alpha value is -2.23. The Labute approximate surface area is 222 Å². The summed E-state index contributed by atoms with van der Waals surface area (Å²) in [4.78, 5) is 19.0. The highest BCUT2D eigenvalue weighted by Crippen LogP contribution is 2.38. The maximum Gasteiger partial charge on any atom is 0.243 e. The normalized spacial score (nSPS) is 19.3. The summed E-state index contributed by atoms with van der Waals surface area (Å²) in [6.07, 6.45) is 1.43. The molecule has 1 saturated heterocycles. The van der Waals surface area contributed by atoms with E-state index >= 15 is 0 Å². The van der Waals surface area contributed by atoms with Gasteiger partial charge in [-0.2, -0.15) is 4.31 Å². The molecule has 3 aromatic rings. The molecule has 0 N–H and O–H groups in total. The fraction of sp³-hybridized carbons (Fsp3) is 0.370. The number of amides is 1. The number of hydrogen-bond acceptors (Lipinski definition) is 5. The van der Waals surface area contributed by atoms with Crippen molar-refractivity contribution in [2.24, 2.45) is 0 Å². The molecule has 36 heavy (non-hydrogen) atoms. The first kappa shape index (κ1) is 25.4. The van der Waals surface area contributed by atoms with E-state index in [1.54, 1.807) is 17.0 Å². The zero-order valence-electron chi connectivity index (χ0n) is 20.3. The predicted molar refractivity (Wildman–Crippen MR) is 144 cm³/mol. The van der Waals surface area contributed by atoms with Crippen molar-refractivity contribution in [3.05, 3.63) is 86.6 Å². The average molecular weight is 544 g/mol. The lowest BCUT2D eigenvalue weighted by Gasteiger charge is -2.38. The standard InChI is InChI=1S/C27H30ClN3O3S2/c1-20-4-2-3-5-23(20)27-24-12-19-35-25(24)10-13-30(27)14-11-26(32)29-15-17-31(18-16-29)36(33,34)22-8-6-21(28)7-9-22/h2-9,12,19,27H,10-11,13-18H2,1H3/t27-/m1/s1. The molecule has 0 radical (unpaired) electrons. The van der Waals surface area contributed by atoms with Crippen molar-refractivity contribution in [1.82, 2.24) is 14.1 Å². The summed E-state index contributed by atoms with van der Waals surface area (Å²) in [6, 6.07) is 17.1. The van der Waals surface area contributed by atoms with Crippen LogP contribution in [0.4, 0.5) is 0 Å². The van der Waals surface area contributed by atoms with Gasteiger partial charge in [0.15, 0.2) is 0 Å². The number of rotatable bonds is 6. The second kappa shape index (κ2) is 10.6. The summed E-state index contributed by atoms with van der Waals surface area (Å²) in [5, 5.41) is 2.67. The first-order chi connectivity index (χ1) is 17.3. The molecular formula is C27H30ClN3O3S2. The third-order valence-corrected chi connectivity index (χ3v) is 10.4. The molecule has 0 bridgehead atoms. The van der Waals surface area contributed by atoms with Gasteiger partial charge in [0.2, 0.25) is 15.9 Å². The van der Waals surface area contributed by atoms with Gasteiger partial charge in [0, 0.05) is 55.6 Å². The van der Waals surface area contributed by atoms with Crippen molar-refractivity contribution >= 4 is 38.9 Å². The number of fused-ring (bicyclic) bond motifs is 1. The second-order valence-corrected chi connectivity index (χ2v) is 12.7. The van der Waals surface area contributed by atoms with E-state index in [0.29, 0.717) is 44.2 Å². The highest BCUT2D eigenvalue weighted by molar-refractivity contribution is 7.89. The van der Waals surface area contributed by atoms with E-state index < -0.39 is 10.0 Å². The molecular weight excluding hydrogens is 514 g/mol. The van der Waals surface area contributed by atoms with Crippen molar-refractivity contribution in [2.75, 3.05) is 39.3 Å². The summed E-state index contributed by atoms with van der Waals surface area (Å²) in [5.74, 6) is 0.0817. The zero-order valence-corrected chi connectivity index (χ0v) is 22.7. The van der Waals surface area contributed by atoms with Gasteiger partial charge in [0.05, 0.1) is 10.9 Å². The molecule has 2 aliphatic heterocycles. The van der Waals surface area contributed by atoms with Crippen molar-refractivity contribution in [2.45, 2.75) is 30.7 Å². The number of benzene rings is 2. The molecule has 190 valence electrons. The minimum atomic E-state index is -3.59. The Bertz CT molecular complexity index is 1330. The molecule has 3 heterocycles. The highest BCUT2D eigenvalue weighted by Gasteiger charge is 2.33. The molecule has 1 amide bonds. The van der Waals surface area contributed by atoms with Crippen LogP contribution in [-0.4, -0.2) is 67.7 Å². The zero-order chi connectivity index (χ0) is 25.3. The van der Waals surface area contributed by atoms with Crippen LogP contribution in [0.2, 0.25) is 5.02 Å². The maximum atomic E-state index is 13.1. The van der Waals surface area contributed by atoms with Crippen molar-refractivity contribution in [3.8, 4) is 0 Å². The van der Waals surface area contributed by atoms with Gasteiger partial charge < -0.3 is 4.90 Å². The molecule has 5 rings (SSSR count). The van der Waals surface area contributed by atoms with Gasteiger partial charge >= 0.3 is 0 Å². The number of hydrogen-bond donors (Lipinski definition) is 0. The third kappa shape index (κ3) is 5.10. The monoisotopic (exact) mass is 543 g/mol. The molecule has 6 nitrogen and oxygen atoms in total. The minimum Gasteiger partial charge on any atom is -0.340 e. The van der Waals surface area contributed by atoms with Crippen molar-refractivity contribution in [3.63, 3.8) is 0 Å². The van der Waals surface area contributed by atoms with Crippen LogP contribution in [0.3, 0.4) is 0 Å². The van der Waals surface area contributed by atoms with Crippen LogP contribution in [0.5, 0.6) is 0 Å². The van der Waals surface area contributed by atoms with Crippen LogP contribution >= 0.6 is 22.9 Å². The van der Waals surface area contributed by atoms with E-state index in [2.05, 4.69) is 47.5 Å². The molecule has 0 unspecified atom stereocenters. The van der Waals surface area contributed by atoms with Gasteiger partial charge in [0.25, 0.3) is 0 Å². The Morgan fingerprint density at radius 3 is 2.42 bits per heavy atom. The molecule has 2 aliphatic rings. The number of thiophene rings is 1. The number of carbonyl (C=O) groups excluding carboxylic acids is 1. The lowest BCUT2D eigenvalue weighted by Crippen LogP contribution is -2.51. The predicted octanol–water partition coefficient (Wildman–Crippen LogP) is 4.58. The van der Waals surface area contributed by atoms with E-state index in [0.717, 1.165) is 13.0 Å². The highest BCUT2D eigenvalue weighted by atomic mass is 35.5. The minimum absolute atomic E-state index is 0.0817. The molecule has 0 aliphatic carbocycles. The largest absolute Gasteiger partial charge is 0.340 e. The smallest absolute Gasteiger partial charge is 0.243 e. The summed E-state index contributed by atoms with van der Waals surface area (Å²) >= 11 is 7.72. The van der Waals surface area contributed by atoms with Crippen molar-refractivity contribution < 1.29 is 13.2 Å². The molecule has 1 aromatic heterocycles. The topological polar surface area (TPSA) is 60.9 Å². The third-order valence-electron chi connectivity index (χ3n) is 7.20. The first-order valence-electron chi connectivity index (χ1n) is 12.2. The molecule has 2 aromatic carbocycles. The van der Waals surface area contributed by atoms with E-state index in [4.69, 9.17) is 11.6 Å². The van der Waals surface area contributed by atoms with Crippen LogP contribution in [0.25, 0.3) is 0 Å². The number of piperazine rings is 1. The summed E-state index contributed by atoms with van der Waals surface area (Å²) in [7, 11) is -3.59. The number of carbonyl (C=O) groups is 1. The number of aryl methyl sites for hydroxylation is 1. The van der Waals surface area contributed by atoms with E-state index in [-0.39, 0.29) is 16.8 Å². The number of sulfonamides is 1. The number of halogens is 1. The molecule has 1 fully saturated rings. The van der Waals surface area contributed by atoms with Gasteiger partial charge in [-0.3, -0.25) is 9.69 Å². The molecule has 0 spiro atoms. The number of nitrogens with zero attached hydrogens (tertiary/aromatic N) is 3. The Balaban J connectivity index is 1.22. The van der Waals surface area contributed by atoms with E-state index in [9.17, 15) is 13.2 Å². The van der Waals surface area contributed by atoms with Gasteiger partial charge in [-0.05, 0) is 65.7 Å².